The molecule has 0 bridgehead atoms. The zero-order valence-electron chi connectivity index (χ0n) is 18.2. The van der Waals surface area contributed by atoms with Crippen LogP contribution in [0.1, 0.15) is 58.4 Å². The van der Waals surface area contributed by atoms with Crippen molar-refractivity contribution in [2.75, 3.05) is 26.3 Å². The Balaban J connectivity index is 1.71. The molecule has 2 aliphatic heterocycles. The number of carbonyl (C=O) groups excluding carboxylic acids is 2. The molecule has 1 atom stereocenters. The molecule has 1 unspecified atom stereocenters. The average molecular weight is 481 g/mol. The van der Waals surface area contributed by atoms with Gasteiger partial charge in [-0.15, -0.1) is 0 Å². The molecule has 30 heavy (non-hydrogen) atoms. The number of amides is 2. The predicted molar refractivity (Wildman–Crippen MR) is 119 cm³/mol. The first-order chi connectivity index (χ1) is 14.2. The van der Waals surface area contributed by atoms with E-state index in [2.05, 4.69) is 33.4 Å². The van der Waals surface area contributed by atoms with E-state index in [4.69, 9.17) is 9.47 Å². The van der Waals surface area contributed by atoms with E-state index >= 15 is 0 Å². The Kier molecular flexibility index (Phi) is 7.45. The van der Waals surface area contributed by atoms with Crippen molar-refractivity contribution in [3.63, 3.8) is 0 Å². The number of halogens is 1. The van der Waals surface area contributed by atoms with Gasteiger partial charge in [-0.05, 0) is 70.6 Å². The summed E-state index contributed by atoms with van der Waals surface area (Å²) in [7, 11) is 0. The molecule has 7 heteroatoms. The van der Waals surface area contributed by atoms with Gasteiger partial charge in [-0.3, -0.25) is 9.69 Å². The highest BCUT2D eigenvalue weighted by Gasteiger charge is 2.38. The molecule has 2 fully saturated rings. The van der Waals surface area contributed by atoms with Gasteiger partial charge in [0.2, 0.25) is 5.91 Å². The Morgan fingerprint density at radius 3 is 2.67 bits per heavy atom. The Morgan fingerprint density at radius 2 is 2.00 bits per heavy atom. The molecule has 3 rings (SSSR count). The van der Waals surface area contributed by atoms with Gasteiger partial charge in [0.25, 0.3) is 0 Å². The van der Waals surface area contributed by atoms with Crippen molar-refractivity contribution in [3.05, 3.63) is 34.3 Å². The molecule has 1 N–H and O–H groups in total. The predicted octanol–water partition coefficient (Wildman–Crippen LogP) is 4.40. The fraction of sp³-hybridized carbons (Fsp3) is 0.652. The van der Waals surface area contributed by atoms with Gasteiger partial charge in [0, 0.05) is 36.2 Å². The topological polar surface area (TPSA) is 67.9 Å². The van der Waals surface area contributed by atoms with Gasteiger partial charge in [0.1, 0.15) is 11.6 Å². The third-order valence-electron chi connectivity index (χ3n) is 5.92. The monoisotopic (exact) mass is 480 g/mol. The summed E-state index contributed by atoms with van der Waals surface area (Å²) in [6, 6.07) is 7.81. The van der Waals surface area contributed by atoms with Crippen LogP contribution in [0.4, 0.5) is 4.79 Å². The molecule has 1 aromatic carbocycles. The number of carbonyl (C=O) groups is 2. The number of nitrogens with one attached hydrogen (secondary N) is 1. The third kappa shape index (κ3) is 5.76. The number of nitrogens with zero attached hydrogens (tertiary/aromatic N) is 1. The van der Waals surface area contributed by atoms with Gasteiger partial charge >= 0.3 is 6.09 Å². The van der Waals surface area contributed by atoms with E-state index in [1.807, 2.05) is 32.9 Å². The quantitative estimate of drug-likeness (QED) is 0.692. The lowest BCUT2D eigenvalue weighted by Gasteiger charge is -2.40. The van der Waals surface area contributed by atoms with E-state index in [0.29, 0.717) is 32.7 Å². The maximum atomic E-state index is 13.2. The van der Waals surface area contributed by atoms with Crippen LogP contribution in [0.25, 0.3) is 0 Å². The van der Waals surface area contributed by atoms with Gasteiger partial charge in [0.15, 0.2) is 0 Å². The van der Waals surface area contributed by atoms with Crippen LogP contribution in [0.2, 0.25) is 0 Å². The minimum atomic E-state index is -0.581. The summed E-state index contributed by atoms with van der Waals surface area (Å²) in [4.78, 5) is 27.4. The molecule has 1 aromatic rings. The fourth-order valence-electron chi connectivity index (χ4n) is 4.27. The largest absolute Gasteiger partial charge is 0.444 e. The smallest absolute Gasteiger partial charge is 0.410 e. The van der Waals surface area contributed by atoms with Gasteiger partial charge in [0.05, 0.1) is 0 Å². The lowest BCUT2D eigenvalue weighted by Crippen LogP contribution is -2.55. The number of piperidine rings is 1. The summed E-state index contributed by atoms with van der Waals surface area (Å²) in [5, 5.41) is 3.17. The van der Waals surface area contributed by atoms with E-state index in [1.54, 1.807) is 4.90 Å². The number of benzene rings is 1. The number of likely N-dealkylation sites (tertiary alicyclic amines) is 1. The summed E-state index contributed by atoms with van der Waals surface area (Å²) in [5.74, 6) is -0.0959. The lowest BCUT2D eigenvalue weighted by atomic mass is 9.74. The first kappa shape index (κ1) is 23.1. The number of rotatable bonds is 4. The normalized spacial score (nSPS) is 21.7. The first-order valence-corrected chi connectivity index (χ1v) is 11.6. The van der Waals surface area contributed by atoms with Crippen molar-refractivity contribution >= 4 is 27.9 Å². The van der Waals surface area contributed by atoms with Gasteiger partial charge < -0.3 is 14.8 Å². The highest BCUT2D eigenvalue weighted by Crippen LogP contribution is 2.35. The molecule has 0 radical (unpaired) electrons. The maximum Gasteiger partial charge on any atom is 0.410 e. The Labute approximate surface area is 187 Å². The fourth-order valence-corrected chi connectivity index (χ4v) is 4.66. The van der Waals surface area contributed by atoms with Crippen molar-refractivity contribution in [2.45, 2.75) is 69.9 Å². The van der Waals surface area contributed by atoms with Crippen LogP contribution >= 0.6 is 15.9 Å². The molecule has 2 saturated heterocycles. The third-order valence-corrected chi connectivity index (χ3v) is 6.41. The molecular weight excluding hydrogens is 448 g/mol. The van der Waals surface area contributed by atoms with E-state index in [9.17, 15) is 9.59 Å². The molecule has 0 spiro atoms. The minimum absolute atomic E-state index is 0.0959. The summed E-state index contributed by atoms with van der Waals surface area (Å²) < 4.78 is 12.2. The van der Waals surface area contributed by atoms with Gasteiger partial charge in [-0.1, -0.05) is 28.1 Å². The molecule has 2 aliphatic rings. The number of hydrogen-bond acceptors (Lipinski definition) is 4. The summed E-state index contributed by atoms with van der Waals surface area (Å²) >= 11 is 3.57. The Bertz CT molecular complexity index is 756. The van der Waals surface area contributed by atoms with Gasteiger partial charge in [-0.25, -0.2) is 4.79 Å². The average Bonchev–Trinajstić information content (AvgIpc) is 2.71. The Hall–Kier alpha value is -1.60. The molecule has 0 aliphatic carbocycles. The highest BCUT2D eigenvalue weighted by molar-refractivity contribution is 9.10. The maximum absolute atomic E-state index is 13.2. The van der Waals surface area contributed by atoms with Crippen LogP contribution in [-0.2, 0) is 19.7 Å². The zero-order chi connectivity index (χ0) is 21.8. The summed E-state index contributed by atoms with van der Waals surface area (Å²) in [6.45, 7) is 7.97. The summed E-state index contributed by atoms with van der Waals surface area (Å²) in [5.41, 5.74) is 0.457. The van der Waals surface area contributed by atoms with Crippen LogP contribution in [0, 0.1) is 0 Å². The van der Waals surface area contributed by atoms with Crippen LogP contribution < -0.4 is 5.32 Å². The van der Waals surface area contributed by atoms with Crippen molar-refractivity contribution in [1.29, 1.82) is 0 Å². The first-order valence-electron chi connectivity index (χ1n) is 10.8. The van der Waals surface area contributed by atoms with Crippen molar-refractivity contribution < 1.29 is 19.1 Å². The van der Waals surface area contributed by atoms with Crippen molar-refractivity contribution in [2.24, 2.45) is 0 Å². The lowest BCUT2D eigenvalue weighted by molar-refractivity contribution is -0.128. The molecule has 2 heterocycles. The van der Waals surface area contributed by atoms with Crippen LogP contribution in [0.15, 0.2) is 28.7 Å². The summed E-state index contributed by atoms with van der Waals surface area (Å²) in [6.07, 6.45) is 3.78. The van der Waals surface area contributed by atoms with E-state index in [1.165, 1.54) is 5.56 Å². The van der Waals surface area contributed by atoms with Crippen molar-refractivity contribution in [3.8, 4) is 0 Å². The van der Waals surface area contributed by atoms with E-state index in [-0.39, 0.29) is 11.3 Å². The van der Waals surface area contributed by atoms with E-state index < -0.39 is 17.7 Å². The van der Waals surface area contributed by atoms with Crippen molar-refractivity contribution in [1.82, 2.24) is 10.2 Å². The van der Waals surface area contributed by atoms with Crippen LogP contribution in [0.5, 0.6) is 0 Å². The Morgan fingerprint density at radius 1 is 1.27 bits per heavy atom. The number of hydrogen-bond donors (Lipinski definition) is 1. The molecular formula is C23H33BrN2O4. The second-order valence-electron chi connectivity index (χ2n) is 9.31. The highest BCUT2D eigenvalue weighted by atomic mass is 79.9. The number of ether oxygens (including phenoxy) is 2. The molecule has 0 saturated carbocycles. The van der Waals surface area contributed by atoms with Gasteiger partial charge in [-0.2, -0.15) is 0 Å². The molecule has 0 aromatic heterocycles. The molecule has 6 nitrogen and oxygen atoms in total. The van der Waals surface area contributed by atoms with Crippen LogP contribution in [-0.4, -0.2) is 54.8 Å². The second-order valence-corrected chi connectivity index (χ2v) is 10.2. The second kappa shape index (κ2) is 9.69. The standard InChI is InChI=1S/C23H33BrN2O4/c1-22(2,3)30-21(28)26-12-5-4-9-19(26)20(27)25-16-23(10-13-29-14-11-23)17-7-6-8-18(24)15-17/h6-8,15,19H,4-5,9-14,16H2,1-3H3,(H,25,27). The molecule has 2 amide bonds. The van der Waals surface area contributed by atoms with Crippen LogP contribution in [0.3, 0.4) is 0 Å². The molecule has 166 valence electrons. The SMILES string of the molecule is CC(C)(C)OC(=O)N1CCCCC1C(=O)NCC1(c2cccc(Br)c2)CCOCC1. The van der Waals surface area contributed by atoms with E-state index in [0.717, 1.165) is 30.2 Å². The minimum Gasteiger partial charge on any atom is -0.444 e. The zero-order valence-corrected chi connectivity index (χ0v) is 19.8.